The number of hydrogen-bond acceptors (Lipinski definition) is 30. The topological polar surface area (TPSA) is 475 Å². The maximum atomic E-state index is 11.2. The Morgan fingerprint density at radius 2 is 0.303 bits per heavy atom. The first-order valence-corrected chi connectivity index (χ1v) is 21.1. The van der Waals surface area contributed by atoms with Crippen LogP contribution in [0.3, 0.4) is 0 Å². The maximum absolute atomic E-state index is 11.2. The largest absolute Gasteiger partial charge is 0.394 e. The summed E-state index contributed by atoms with van der Waals surface area (Å²) in [6.07, 6.45) is -58.5. The van der Waals surface area contributed by atoms with Crippen molar-refractivity contribution in [1.29, 1.82) is 0 Å². The van der Waals surface area contributed by atoms with Crippen LogP contribution in [0.1, 0.15) is 0 Å². The molecule has 22 saturated heterocycles. The minimum absolute atomic E-state index is 0.999. The summed E-state index contributed by atoms with van der Waals surface area (Å²) in [6.45, 7) is -5.99. The van der Waals surface area contributed by atoms with Gasteiger partial charge in [0.15, 0.2) is 37.7 Å². The Kier molecular flexibility index (Phi) is 17.6. The molecule has 0 amide bonds. The third kappa shape index (κ3) is 10.0. The van der Waals surface area contributed by atoms with E-state index >= 15 is 0 Å². The van der Waals surface area contributed by atoms with Gasteiger partial charge in [-0.05, 0) is 0 Å². The Balaban J connectivity index is 1.19. The van der Waals surface area contributed by atoms with Crippen LogP contribution in [0, 0.1) is 0 Å². The van der Waals surface area contributed by atoms with Crippen LogP contribution in [0.2, 0.25) is 0 Å². The zero-order valence-corrected chi connectivity index (χ0v) is 34.5. The number of hydrogen-bond donors (Lipinski definition) is 18. The van der Waals surface area contributed by atoms with Crippen LogP contribution in [-0.4, -0.2) is 316 Å². The van der Waals surface area contributed by atoms with Crippen molar-refractivity contribution in [2.24, 2.45) is 0 Å². The van der Waals surface area contributed by atoms with Gasteiger partial charge < -0.3 is 149 Å². The molecule has 0 aromatic heterocycles. The normalized spacial score (nSPS) is 55.4. The van der Waals surface area contributed by atoms with Crippen LogP contribution < -0.4 is 0 Å². The van der Waals surface area contributed by atoms with E-state index in [0.29, 0.717) is 0 Å². The number of aliphatic hydroxyl groups is 18. The maximum Gasteiger partial charge on any atom is 0.187 e. The van der Waals surface area contributed by atoms with Gasteiger partial charge in [-0.1, -0.05) is 0 Å². The first-order chi connectivity index (χ1) is 31.4. The molecule has 30 atom stereocenters. The summed E-state index contributed by atoms with van der Waals surface area (Å²) in [6, 6.07) is 0. The van der Waals surface area contributed by atoms with Crippen LogP contribution in [0.15, 0.2) is 0 Å². The van der Waals surface area contributed by atoms with Gasteiger partial charge in [0, 0.05) is 0 Å². The van der Waals surface area contributed by atoms with Gasteiger partial charge in [-0.25, -0.2) is 0 Å². The van der Waals surface area contributed by atoms with E-state index in [1.165, 1.54) is 0 Å². The quantitative estimate of drug-likeness (QED) is 0.117. The lowest BCUT2D eigenvalue weighted by atomic mass is 9.94. The fourth-order valence-corrected chi connectivity index (χ4v) is 8.93. The van der Waals surface area contributed by atoms with Crippen LogP contribution >= 0.6 is 0 Å². The SMILES string of the molecule is OC[C@@H]1O[C@@H]2O[C@H]3[C@H](O)[C@H](O)[C@@H](O[C@H]4[C@@H](O)[C@H](O)[C@@H](O[C@H]5[C@H](O)[C@H](O)[C@@H](O[C@H]6[C@H](O)[C@@H](O)[C@@H](O[C@H]7[C@H](O)[C@@H](O)[C@@H](O[C@@H]1[C@H](O)[C@H]2O)O[C@H]7CO)O[C@H]6CO)O[C@H]5CO)O[C@H]4CO)O[C@H]3CO. The van der Waals surface area contributed by atoms with E-state index in [1.807, 2.05) is 0 Å². The van der Waals surface area contributed by atoms with Crippen LogP contribution in [-0.2, 0) is 56.8 Å². The molecule has 18 N–H and O–H groups in total. The average molecular weight is 973 g/mol. The summed E-state index contributed by atoms with van der Waals surface area (Å²) in [5.41, 5.74) is 0. The van der Waals surface area contributed by atoms with Crippen LogP contribution in [0.4, 0.5) is 0 Å². The van der Waals surface area contributed by atoms with E-state index < -0.39 is 224 Å². The lowest BCUT2D eigenvalue weighted by Gasteiger charge is -2.50. The molecular formula is C36H60O30. The Hall–Kier alpha value is -1.20. The molecule has 22 fully saturated rings. The van der Waals surface area contributed by atoms with Crippen molar-refractivity contribution in [3.8, 4) is 0 Å². The second-order valence-electron chi connectivity index (χ2n) is 16.8. The third-order valence-corrected chi connectivity index (χ3v) is 12.7. The summed E-state index contributed by atoms with van der Waals surface area (Å²) in [5.74, 6) is 0. The van der Waals surface area contributed by atoms with E-state index in [-0.39, 0.29) is 0 Å². The highest BCUT2D eigenvalue weighted by atomic mass is 16.8. The van der Waals surface area contributed by atoms with Gasteiger partial charge in [0.2, 0.25) is 0 Å². The second kappa shape index (κ2) is 22.1. The molecule has 30 heteroatoms. The van der Waals surface area contributed by atoms with Crippen molar-refractivity contribution >= 4 is 0 Å². The van der Waals surface area contributed by atoms with Gasteiger partial charge in [-0.15, -0.1) is 0 Å². The molecule has 0 unspecified atom stereocenters. The van der Waals surface area contributed by atoms with E-state index in [1.54, 1.807) is 0 Å². The summed E-state index contributed by atoms with van der Waals surface area (Å²) in [7, 11) is 0. The summed E-state index contributed by atoms with van der Waals surface area (Å²) >= 11 is 0. The minimum atomic E-state index is -2.15. The zero-order valence-electron chi connectivity index (χ0n) is 34.5. The molecule has 384 valence electrons. The van der Waals surface area contributed by atoms with E-state index in [9.17, 15) is 91.9 Å². The summed E-state index contributed by atoms with van der Waals surface area (Å²) in [4.78, 5) is 0. The van der Waals surface area contributed by atoms with Crippen molar-refractivity contribution < 1.29 is 149 Å². The highest BCUT2D eigenvalue weighted by molar-refractivity contribution is 5.01. The third-order valence-electron chi connectivity index (χ3n) is 12.7. The van der Waals surface area contributed by atoms with Crippen LogP contribution in [0.5, 0.6) is 0 Å². The first kappa shape index (κ1) is 52.6. The fourth-order valence-electron chi connectivity index (χ4n) is 8.93. The number of rotatable bonds is 6. The van der Waals surface area contributed by atoms with Gasteiger partial charge in [0.1, 0.15) is 146 Å². The second-order valence-corrected chi connectivity index (χ2v) is 16.8. The Labute approximate surface area is 372 Å². The van der Waals surface area contributed by atoms with Gasteiger partial charge in [0.05, 0.1) is 39.6 Å². The Bertz CT molecular complexity index is 1230. The van der Waals surface area contributed by atoms with Gasteiger partial charge >= 0.3 is 0 Å². The van der Waals surface area contributed by atoms with Gasteiger partial charge in [-0.3, -0.25) is 0 Å². The Morgan fingerprint density at radius 1 is 0.182 bits per heavy atom. The molecule has 12 bridgehead atoms. The lowest BCUT2D eigenvalue weighted by Crippen LogP contribution is -2.69. The van der Waals surface area contributed by atoms with Crippen molar-refractivity contribution in [2.45, 2.75) is 184 Å². The smallest absolute Gasteiger partial charge is 0.187 e. The molecule has 0 aromatic carbocycles. The predicted octanol–water partition coefficient (Wildman–Crippen LogP) is -13.1. The molecule has 22 aliphatic rings. The first-order valence-electron chi connectivity index (χ1n) is 21.1. The minimum Gasteiger partial charge on any atom is -0.394 e. The molecule has 0 aliphatic carbocycles. The van der Waals surface area contributed by atoms with Gasteiger partial charge in [-0.2, -0.15) is 0 Å². The van der Waals surface area contributed by atoms with Crippen molar-refractivity contribution in [3.05, 3.63) is 0 Å². The molecule has 0 aromatic rings. The molecular weight excluding hydrogens is 912 g/mol. The van der Waals surface area contributed by atoms with Crippen molar-refractivity contribution in [1.82, 2.24) is 0 Å². The molecule has 0 radical (unpaired) electrons. The number of aliphatic hydroxyl groups excluding tert-OH is 18. The predicted molar refractivity (Wildman–Crippen MR) is 196 cm³/mol. The average Bonchev–Trinajstić information content (AvgIpc) is 3.31. The summed E-state index contributed by atoms with van der Waals surface area (Å²) < 4.78 is 67.9. The molecule has 66 heavy (non-hydrogen) atoms. The molecule has 0 spiro atoms. The molecule has 22 heterocycles. The number of ether oxygens (including phenoxy) is 12. The monoisotopic (exact) mass is 972 g/mol. The lowest BCUT2D eigenvalue weighted by molar-refractivity contribution is -0.404. The molecule has 22 aliphatic heterocycles. The molecule has 22 rings (SSSR count). The molecule has 30 nitrogen and oxygen atoms in total. The van der Waals surface area contributed by atoms with E-state index in [0.717, 1.165) is 0 Å². The zero-order chi connectivity index (χ0) is 48.0. The summed E-state index contributed by atoms with van der Waals surface area (Å²) in [5, 5.41) is 196. The fraction of sp³-hybridized carbons (Fsp3) is 1.00. The van der Waals surface area contributed by atoms with Crippen LogP contribution in [0.25, 0.3) is 0 Å². The van der Waals surface area contributed by atoms with Crippen molar-refractivity contribution in [3.63, 3.8) is 0 Å². The molecule has 0 saturated carbocycles. The highest BCUT2D eigenvalue weighted by Crippen LogP contribution is 2.38. The van der Waals surface area contributed by atoms with Crippen molar-refractivity contribution in [2.75, 3.05) is 39.6 Å². The van der Waals surface area contributed by atoms with E-state index in [4.69, 9.17) is 56.8 Å². The van der Waals surface area contributed by atoms with Gasteiger partial charge in [0.25, 0.3) is 0 Å². The highest BCUT2D eigenvalue weighted by Gasteiger charge is 2.58. The van der Waals surface area contributed by atoms with E-state index in [2.05, 4.69) is 0 Å². The standard InChI is InChI=1S/C36H60O30/c37-1-7-25-13(43)19(49)31(55-7)62-26-8(2-38)57-33(21(51)15(26)45)64-28-10(4-40)59-35(23(53)17(28)47)66-30-12(6-42)60-36(24(54)18(30)48)65-29-11(5-41)58-34(22(52)16(29)46)63-27-9(3-39)56-32(61-25)20(50)14(27)44/h7-54H,1-6H2/t7-,8-,9-,10-,11-,12-,13-,14+,15+,16+,17+,18+,19-,20-,21-,22+,23+,24+,25+,26+,27+,28+,29-,30+,31+,32+,33+,34+,35+,36+/m0/s1. The Morgan fingerprint density at radius 3 is 0.409 bits per heavy atom.